The van der Waals surface area contributed by atoms with Crippen LogP contribution in [0.4, 0.5) is 10.2 Å². The highest BCUT2D eigenvalue weighted by atomic mass is 19.1. The normalized spacial score (nSPS) is 14.1. The van der Waals surface area contributed by atoms with Gasteiger partial charge in [0.2, 0.25) is 0 Å². The van der Waals surface area contributed by atoms with Gasteiger partial charge in [0, 0.05) is 11.8 Å². The van der Waals surface area contributed by atoms with Gasteiger partial charge >= 0.3 is 0 Å². The van der Waals surface area contributed by atoms with E-state index in [1.54, 1.807) is 24.4 Å². The second-order valence-corrected chi connectivity index (χ2v) is 4.61. The molecule has 3 N–H and O–H groups in total. The first-order chi connectivity index (χ1) is 8.99. The Morgan fingerprint density at radius 1 is 1.37 bits per heavy atom. The number of aromatic nitrogens is 1. The van der Waals surface area contributed by atoms with Crippen molar-refractivity contribution in [3.05, 3.63) is 59.0 Å². The summed E-state index contributed by atoms with van der Waals surface area (Å²) in [6, 6.07) is 7.73. The van der Waals surface area contributed by atoms with Crippen molar-refractivity contribution in [3.63, 3.8) is 0 Å². The van der Waals surface area contributed by atoms with Gasteiger partial charge < -0.3 is 10.8 Å². The van der Waals surface area contributed by atoms with E-state index in [1.165, 1.54) is 12.1 Å². The molecule has 1 unspecified atom stereocenters. The molecule has 19 heavy (non-hydrogen) atoms. The van der Waals surface area contributed by atoms with Crippen LogP contribution in [-0.2, 0) is 5.60 Å². The standard InChI is InChI=1S/C15H17FN2O/c1-3-15(19,11-5-4-6-12(16)9-11)13-10(2)7-8-18-14(13)17/h4-9,19H,3H2,1-2H3,(H2,17,18). The van der Waals surface area contributed by atoms with Gasteiger partial charge in [-0.15, -0.1) is 0 Å². The van der Waals surface area contributed by atoms with Crippen LogP contribution in [0.5, 0.6) is 0 Å². The summed E-state index contributed by atoms with van der Waals surface area (Å²) < 4.78 is 13.4. The average molecular weight is 260 g/mol. The van der Waals surface area contributed by atoms with Crippen molar-refractivity contribution >= 4 is 5.82 Å². The highest BCUT2D eigenvalue weighted by Crippen LogP contribution is 2.37. The third-order valence-corrected chi connectivity index (χ3v) is 3.42. The molecular weight excluding hydrogens is 243 g/mol. The maximum absolute atomic E-state index is 13.4. The minimum absolute atomic E-state index is 0.272. The van der Waals surface area contributed by atoms with Gasteiger partial charge in [-0.25, -0.2) is 9.37 Å². The molecule has 0 fully saturated rings. The van der Waals surface area contributed by atoms with E-state index in [-0.39, 0.29) is 11.6 Å². The molecule has 0 saturated carbocycles. The number of anilines is 1. The fraction of sp³-hybridized carbons (Fsp3) is 0.267. The highest BCUT2D eigenvalue weighted by Gasteiger charge is 2.33. The van der Waals surface area contributed by atoms with Crippen LogP contribution in [0.15, 0.2) is 36.5 Å². The molecule has 0 spiro atoms. The second kappa shape index (κ2) is 4.97. The van der Waals surface area contributed by atoms with E-state index in [2.05, 4.69) is 4.98 Å². The third kappa shape index (κ3) is 2.31. The van der Waals surface area contributed by atoms with Gasteiger partial charge in [-0.1, -0.05) is 19.1 Å². The first-order valence-electron chi connectivity index (χ1n) is 6.19. The average Bonchev–Trinajstić information content (AvgIpc) is 2.38. The van der Waals surface area contributed by atoms with Gasteiger partial charge in [0.15, 0.2) is 0 Å². The van der Waals surface area contributed by atoms with Gasteiger partial charge in [0.05, 0.1) is 0 Å². The molecule has 1 atom stereocenters. The van der Waals surface area contributed by atoms with E-state index < -0.39 is 5.60 Å². The maximum atomic E-state index is 13.4. The Balaban J connectivity index is 2.67. The second-order valence-electron chi connectivity index (χ2n) is 4.61. The molecule has 2 rings (SSSR count). The molecule has 2 aromatic rings. The Kier molecular flexibility index (Phi) is 3.53. The van der Waals surface area contributed by atoms with Gasteiger partial charge in [0.25, 0.3) is 0 Å². The molecule has 0 radical (unpaired) electrons. The van der Waals surface area contributed by atoms with Crippen molar-refractivity contribution < 1.29 is 9.50 Å². The largest absolute Gasteiger partial charge is 0.383 e. The van der Waals surface area contributed by atoms with Crippen molar-refractivity contribution in [3.8, 4) is 0 Å². The minimum Gasteiger partial charge on any atom is -0.383 e. The maximum Gasteiger partial charge on any atom is 0.130 e. The zero-order chi connectivity index (χ0) is 14.0. The van der Waals surface area contributed by atoms with Crippen LogP contribution in [0.3, 0.4) is 0 Å². The summed E-state index contributed by atoms with van der Waals surface area (Å²) >= 11 is 0. The van der Waals surface area contributed by atoms with E-state index in [1.807, 2.05) is 13.8 Å². The highest BCUT2D eigenvalue weighted by molar-refractivity contribution is 5.52. The molecule has 100 valence electrons. The number of aryl methyl sites for hydroxylation is 1. The summed E-state index contributed by atoms with van der Waals surface area (Å²) in [5, 5.41) is 11.0. The minimum atomic E-state index is -1.33. The quantitative estimate of drug-likeness (QED) is 0.892. The summed E-state index contributed by atoms with van der Waals surface area (Å²) in [4.78, 5) is 4.03. The number of hydrogen-bond acceptors (Lipinski definition) is 3. The Morgan fingerprint density at radius 2 is 2.11 bits per heavy atom. The first-order valence-corrected chi connectivity index (χ1v) is 6.19. The van der Waals surface area contributed by atoms with Crippen LogP contribution in [0.25, 0.3) is 0 Å². The van der Waals surface area contributed by atoms with Gasteiger partial charge in [-0.2, -0.15) is 0 Å². The number of hydrogen-bond donors (Lipinski definition) is 2. The summed E-state index contributed by atoms with van der Waals surface area (Å²) in [5.74, 6) is -0.113. The summed E-state index contributed by atoms with van der Waals surface area (Å²) in [7, 11) is 0. The number of halogens is 1. The number of pyridine rings is 1. The fourth-order valence-electron chi connectivity index (χ4n) is 2.39. The molecule has 3 nitrogen and oxygen atoms in total. The predicted octanol–water partition coefficient (Wildman–Crippen LogP) is 2.76. The molecule has 0 bridgehead atoms. The smallest absolute Gasteiger partial charge is 0.130 e. The van der Waals surface area contributed by atoms with E-state index in [0.717, 1.165) is 5.56 Å². The zero-order valence-corrected chi connectivity index (χ0v) is 11.0. The van der Waals surface area contributed by atoms with E-state index in [9.17, 15) is 9.50 Å². The molecule has 1 aromatic heterocycles. The molecule has 0 aliphatic carbocycles. The SMILES string of the molecule is CCC(O)(c1cccc(F)c1)c1c(C)ccnc1N. The Bertz CT molecular complexity index is 580. The molecule has 1 heterocycles. The number of aliphatic hydroxyl groups is 1. The Hall–Kier alpha value is -1.94. The monoisotopic (exact) mass is 260 g/mol. The topological polar surface area (TPSA) is 59.1 Å². The number of nitrogens with two attached hydrogens (primary N) is 1. The Labute approximate surface area is 111 Å². The molecule has 0 aliphatic heterocycles. The van der Waals surface area contributed by atoms with Crippen LogP contribution in [-0.4, -0.2) is 10.1 Å². The van der Waals surface area contributed by atoms with Crippen LogP contribution in [0, 0.1) is 12.7 Å². The lowest BCUT2D eigenvalue weighted by Crippen LogP contribution is -2.29. The summed E-state index contributed by atoms with van der Waals surface area (Å²) in [5.41, 5.74) is 6.43. The van der Waals surface area contributed by atoms with Gasteiger partial charge in [-0.05, 0) is 42.7 Å². The first kappa shape index (κ1) is 13.5. The van der Waals surface area contributed by atoms with Crippen molar-refractivity contribution in [2.75, 3.05) is 5.73 Å². The predicted molar refractivity (Wildman–Crippen MR) is 73.1 cm³/mol. The third-order valence-electron chi connectivity index (χ3n) is 3.42. The van der Waals surface area contributed by atoms with E-state index in [0.29, 0.717) is 17.5 Å². The molecule has 0 amide bonds. The van der Waals surface area contributed by atoms with Crippen LogP contribution in [0.1, 0.15) is 30.0 Å². The van der Waals surface area contributed by atoms with Crippen LogP contribution in [0.2, 0.25) is 0 Å². The molecule has 4 heteroatoms. The van der Waals surface area contributed by atoms with Crippen molar-refractivity contribution in [1.29, 1.82) is 0 Å². The van der Waals surface area contributed by atoms with Crippen LogP contribution >= 0.6 is 0 Å². The molecule has 0 aliphatic rings. The number of nitrogen functional groups attached to an aromatic ring is 1. The lowest BCUT2D eigenvalue weighted by Gasteiger charge is -2.30. The number of rotatable bonds is 3. The van der Waals surface area contributed by atoms with Gasteiger partial charge in [-0.3, -0.25) is 0 Å². The molecular formula is C15H17FN2O. The van der Waals surface area contributed by atoms with Gasteiger partial charge in [0.1, 0.15) is 17.2 Å². The number of nitrogens with zero attached hydrogens (tertiary/aromatic N) is 1. The molecule has 0 saturated heterocycles. The van der Waals surface area contributed by atoms with E-state index in [4.69, 9.17) is 5.73 Å². The van der Waals surface area contributed by atoms with Crippen LogP contribution < -0.4 is 5.73 Å². The number of benzene rings is 1. The lowest BCUT2D eigenvalue weighted by molar-refractivity contribution is 0.0760. The summed E-state index contributed by atoms with van der Waals surface area (Å²) in [6.45, 7) is 3.68. The van der Waals surface area contributed by atoms with E-state index >= 15 is 0 Å². The van der Waals surface area contributed by atoms with Crippen molar-refractivity contribution in [2.45, 2.75) is 25.9 Å². The van der Waals surface area contributed by atoms with Crippen molar-refractivity contribution in [1.82, 2.24) is 4.98 Å². The zero-order valence-electron chi connectivity index (χ0n) is 11.0. The Morgan fingerprint density at radius 3 is 2.68 bits per heavy atom. The molecule has 1 aromatic carbocycles. The summed E-state index contributed by atoms with van der Waals surface area (Å²) in [6.07, 6.45) is 1.98. The lowest BCUT2D eigenvalue weighted by atomic mass is 9.82. The van der Waals surface area contributed by atoms with Crippen molar-refractivity contribution in [2.24, 2.45) is 0 Å². The fourth-order valence-corrected chi connectivity index (χ4v) is 2.39.